The summed E-state index contributed by atoms with van der Waals surface area (Å²) in [4.78, 5) is 12.6. The molecule has 0 N–H and O–H groups in total. The molecular weight excluding hydrogens is 398 g/mol. The van der Waals surface area contributed by atoms with Crippen LogP contribution in [-0.2, 0) is 9.53 Å². The first kappa shape index (κ1) is 21.5. The maximum absolute atomic E-state index is 12.6. The van der Waals surface area contributed by atoms with Gasteiger partial charge in [0.1, 0.15) is 6.23 Å². The third kappa shape index (κ3) is 4.50. The summed E-state index contributed by atoms with van der Waals surface area (Å²) in [7, 11) is -0.482. The molecule has 1 aliphatic heterocycles. The molecule has 1 heterocycles. The first-order chi connectivity index (χ1) is 15.2. The Balaban J connectivity index is 1.91. The Kier molecular flexibility index (Phi) is 7.00. The SMILES string of the molecule is CN(C1CCCCCCC(=O)O1)[Si](c1ccccc1)(c1ccccc1)c1ccccc1. The summed E-state index contributed by atoms with van der Waals surface area (Å²) in [6, 6.07) is 32.3. The molecule has 0 bridgehead atoms. The van der Waals surface area contributed by atoms with Gasteiger partial charge in [-0.05, 0) is 41.9 Å². The summed E-state index contributed by atoms with van der Waals surface area (Å²) in [6.45, 7) is 0. The fraction of sp³-hybridized carbons (Fsp3) is 0.296. The number of carbonyl (C=O) groups excluding carboxylic acids is 1. The van der Waals surface area contributed by atoms with Crippen molar-refractivity contribution in [3.05, 3.63) is 91.0 Å². The molecule has 160 valence electrons. The van der Waals surface area contributed by atoms with Gasteiger partial charge in [0.2, 0.25) is 8.24 Å². The maximum Gasteiger partial charge on any atom is 0.307 e. The lowest BCUT2D eigenvalue weighted by atomic mass is 10.1. The van der Waals surface area contributed by atoms with Gasteiger partial charge in [-0.1, -0.05) is 104 Å². The fourth-order valence-corrected chi connectivity index (χ4v) is 9.71. The average molecular weight is 430 g/mol. The van der Waals surface area contributed by atoms with Crippen molar-refractivity contribution in [2.24, 2.45) is 0 Å². The van der Waals surface area contributed by atoms with E-state index in [1.807, 2.05) is 0 Å². The Morgan fingerprint density at radius 2 is 1.16 bits per heavy atom. The second-order valence-electron chi connectivity index (χ2n) is 8.32. The molecule has 1 unspecified atom stereocenters. The smallest absolute Gasteiger partial charge is 0.307 e. The predicted octanol–water partition coefficient (Wildman–Crippen LogP) is 3.81. The van der Waals surface area contributed by atoms with Gasteiger partial charge in [0.15, 0.2) is 0 Å². The van der Waals surface area contributed by atoms with Gasteiger partial charge in [-0.25, -0.2) is 0 Å². The molecule has 1 saturated heterocycles. The van der Waals surface area contributed by atoms with Crippen LogP contribution in [-0.4, -0.2) is 32.0 Å². The molecule has 4 rings (SSSR count). The standard InChI is InChI=1S/C27H31NO2Si/c1-28(26-21-13-2-3-14-22-27(29)30-26)31(23-15-7-4-8-16-23,24-17-9-5-10-18-24)25-19-11-6-12-20-25/h4-12,15-20,26H,2-3,13-14,21-22H2,1H3. The predicted molar refractivity (Wildman–Crippen MR) is 129 cm³/mol. The lowest BCUT2D eigenvalue weighted by molar-refractivity contribution is -0.154. The summed E-state index contributed by atoms with van der Waals surface area (Å²) in [5.41, 5.74) is 0. The molecule has 1 atom stereocenters. The molecule has 0 saturated carbocycles. The number of benzene rings is 3. The van der Waals surface area contributed by atoms with Crippen LogP contribution in [0.4, 0.5) is 0 Å². The third-order valence-corrected chi connectivity index (χ3v) is 11.2. The van der Waals surface area contributed by atoms with Crippen molar-refractivity contribution >= 4 is 29.8 Å². The first-order valence-corrected chi connectivity index (χ1v) is 13.3. The normalized spacial score (nSPS) is 18.0. The lowest BCUT2D eigenvalue weighted by Gasteiger charge is -2.44. The van der Waals surface area contributed by atoms with Crippen LogP contribution in [0.1, 0.15) is 38.5 Å². The van der Waals surface area contributed by atoms with Crippen LogP contribution >= 0.6 is 0 Å². The van der Waals surface area contributed by atoms with Gasteiger partial charge >= 0.3 is 5.97 Å². The van der Waals surface area contributed by atoms with Crippen LogP contribution in [0.3, 0.4) is 0 Å². The van der Waals surface area contributed by atoms with E-state index in [0.29, 0.717) is 6.42 Å². The van der Waals surface area contributed by atoms with E-state index in [2.05, 4.69) is 103 Å². The Hall–Kier alpha value is -2.69. The molecule has 3 aromatic carbocycles. The van der Waals surface area contributed by atoms with Gasteiger partial charge in [0.05, 0.1) is 0 Å². The molecule has 0 amide bonds. The minimum absolute atomic E-state index is 0.0733. The van der Waals surface area contributed by atoms with Gasteiger partial charge in [0, 0.05) is 6.42 Å². The topological polar surface area (TPSA) is 29.5 Å². The summed E-state index contributed by atoms with van der Waals surface area (Å²) >= 11 is 0. The molecule has 3 aromatic rings. The number of carbonyl (C=O) groups is 1. The van der Waals surface area contributed by atoms with Crippen molar-refractivity contribution in [3.8, 4) is 0 Å². The molecule has 0 aromatic heterocycles. The van der Waals surface area contributed by atoms with Crippen molar-refractivity contribution in [1.29, 1.82) is 0 Å². The average Bonchev–Trinajstić information content (AvgIpc) is 2.93. The second kappa shape index (κ2) is 10.1. The van der Waals surface area contributed by atoms with Crippen molar-refractivity contribution < 1.29 is 9.53 Å². The van der Waals surface area contributed by atoms with E-state index in [4.69, 9.17) is 4.74 Å². The van der Waals surface area contributed by atoms with Gasteiger partial charge in [-0.2, -0.15) is 0 Å². The van der Waals surface area contributed by atoms with Gasteiger partial charge < -0.3 is 4.74 Å². The van der Waals surface area contributed by atoms with E-state index in [-0.39, 0.29) is 12.2 Å². The lowest BCUT2D eigenvalue weighted by Crippen LogP contribution is -2.78. The summed E-state index contributed by atoms with van der Waals surface area (Å²) in [5.74, 6) is -0.0733. The second-order valence-corrected chi connectivity index (χ2v) is 12.2. The number of esters is 1. The Labute approximate surface area is 186 Å². The number of cyclic esters (lactones) is 1. The number of rotatable bonds is 5. The van der Waals surface area contributed by atoms with E-state index >= 15 is 0 Å². The highest BCUT2D eigenvalue weighted by atomic mass is 28.3. The number of hydrogen-bond acceptors (Lipinski definition) is 3. The third-order valence-electron chi connectivity index (χ3n) is 6.39. The minimum atomic E-state index is -2.64. The van der Waals surface area contributed by atoms with Crippen LogP contribution in [0.25, 0.3) is 0 Å². The monoisotopic (exact) mass is 429 g/mol. The highest BCUT2D eigenvalue weighted by Crippen LogP contribution is 2.22. The zero-order chi connectivity index (χ0) is 21.5. The molecular formula is C27H31NO2Si. The van der Waals surface area contributed by atoms with Crippen LogP contribution < -0.4 is 15.6 Å². The van der Waals surface area contributed by atoms with E-state index in [0.717, 1.165) is 32.1 Å². The largest absolute Gasteiger partial charge is 0.447 e. The molecule has 0 radical (unpaired) electrons. The van der Waals surface area contributed by atoms with Crippen molar-refractivity contribution in [1.82, 2.24) is 4.57 Å². The van der Waals surface area contributed by atoms with Crippen molar-refractivity contribution in [2.45, 2.75) is 44.8 Å². The molecule has 4 heteroatoms. The zero-order valence-corrected chi connectivity index (χ0v) is 19.2. The molecule has 3 nitrogen and oxygen atoms in total. The van der Waals surface area contributed by atoms with E-state index < -0.39 is 8.24 Å². The summed E-state index contributed by atoms with van der Waals surface area (Å²) in [5, 5.41) is 3.89. The van der Waals surface area contributed by atoms with Gasteiger partial charge in [-0.15, -0.1) is 0 Å². The van der Waals surface area contributed by atoms with Crippen LogP contribution in [0, 0.1) is 0 Å². The number of ether oxygens (including phenoxy) is 1. The summed E-state index contributed by atoms with van der Waals surface area (Å²) < 4.78 is 8.54. The molecule has 31 heavy (non-hydrogen) atoms. The Morgan fingerprint density at radius 3 is 1.65 bits per heavy atom. The minimum Gasteiger partial charge on any atom is -0.447 e. The number of nitrogens with zero attached hydrogens (tertiary/aromatic N) is 1. The molecule has 1 fully saturated rings. The van der Waals surface area contributed by atoms with E-state index in [9.17, 15) is 4.79 Å². The first-order valence-electron chi connectivity index (χ1n) is 11.3. The van der Waals surface area contributed by atoms with Crippen LogP contribution in [0.15, 0.2) is 91.0 Å². The maximum atomic E-state index is 12.6. The Morgan fingerprint density at radius 1 is 0.710 bits per heavy atom. The molecule has 1 aliphatic rings. The van der Waals surface area contributed by atoms with E-state index in [1.165, 1.54) is 15.6 Å². The van der Waals surface area contributed by atoms with Gasteiger partial charge in [0.25, 0.3) is 0 Å². The van der Waals surface area contributed by atoms with E-state index in [1.54, 1.807) is 0 Å². The van der Waals surface area contributed by atoms with Gasteiger partial charge in [-0.3, -0.25) is 9.36 Å². The molecule has 0 aliphatic carbocycles. The highest BCUT2D eigenvalue weighted by Gasteiger charge is 2.47. The fourth-order valence-electron chi connectivity index (χ4n) is 4.85. The highest BCUT2D eigenvalue weighted by molar-refractivity contribution is 7.09. The van der Waals surface area contributed by atoms with Crippen molar-refractivity contribution in [3.63, 3.8) is 0 Å². The zero-order valence-electron chi connectivity index (χ0n) is 18.2. The Bertz CT molecular complexity index is 866. The van der Waals surface area contributed by atoms with Crippen molar-refractivity contribution in [2.75, 3.05) is 7.05 Å². The quantitative estimate of drug-likeness (QED) is 0.351. The summed E-state index contributed by atoms with van der Waals surface area (Å²) in [6.07, 6.45) is 5.39. The molecule has 0 spiro atoms. The van der Waals surface area contributed by atoms with Crippen LogP contribution in [0.2, 0.25) is 0 Å². The van der Waals surface area contributed by atoms with Crippen LogP contribution in [0.5, 0.6) is 0 Å². The number of hydrogen-bond donors (Lipinski definition) is 0.